The van der Waals surface area contributed by atoms with Gasteiger partial charge in [0, 0.05) is 8.95 Å². The highest BCUT2D eigenvalue weighted by atomic mass is 127. The van der Waals surface area contributed by atoms with Gasteiger partial charge in [-0.2, -0.15) is 0 Å². The maximum atomic E-state index is 13.6. The number of anilines is 1. The van der Waals surface area contributed by atoms with Crippen LogP contribution in [0.5, 0.6) is 5.75 Å². The van der Waals surface area contributed by atoms with Gasteiger partial charge in [0.05, 0.1) is 30.4 Å². The fourth-order valence-corrected chi connectivity index (χ4v) is 6.22. The molecule has 1 heterocycles. The van der Waals surface area contributed by atoms with Crippen molar-refractivity contribution in [3.05, 3.63) is 63.4 Å². The monoisotopic (exact) mass is 749 g/mol. The minimum Gasteiger partial charge on any atom is -0.494 e. The quantitative estimate of drug-likeness (QED) is 0.237. The van der Waals surface area contributed by atoms with Gasteiger partial charge >= 0.3 is 5.97 Å². The van der Waals surface area contributed by atoms with Gasteiger partial charge in [0.2, 0.25) is 0 Å². The molecule has 0 bridgehead atoms. The minimum atomic E-state index is -1.20. The molecule has 2 aromatic carbocycles. The summed E-state index contributed by atoms with van der Waals surface area (Å²) in [7, 11) is 1.53. The highest BCUT2D eigenvalue weighted by molar-refractivity contribution is 14.1. The molecule has 0 saturated carbocycles. The number of ether oxygens (including phenoxy) is 1. The average Bonchev–Trinajstić information content (AvgIpc) is 3.09. The van der Waals surface area contributed by atoms with Crippen molar-refractivity contribution in [1.29, 1.82) is 0 Å². The van der Waals surface area contributed by atoms with Crippen LogP contribution in [0.15, 0.2) is 35.7 Å². The van der Waals surface area contributed by atoms with Crippen LogP contribution in [0.25, 0.3) is 10.4 Å². The Morgan fingerprint density at radius 2 is 1.90 bits per heavy atom. The zero-order valence-electron chi connectivity index (χ0n) is 14.6. The van der Waals surface area contributed by atoms with E-state index in [1.807, 2.05) is 22.6 Å². The van der Waals surface area contributed by atoms with Crippen molar-refractivity contribution in [1.82, 2.24) is 0 Å². The van der Waals surface area contributed by atoms with Crippen molar-refractivity contribution < 1.29 is 23.8 Å². The molecule has 0 aliphatic carbocycles. The van der Waals surface area contributed by atoms with Crippen LogP contribution in [0, 0.1) is 16.5 Å². The zero-order chi connectivity index (χ0) is 21.3. The Morgan fingerprint density at radius 3 is 2.52 bits per heavy atom. The van der Waals surface area contributed by atoms with Gasteiger partial charge in [-0.1, -0.05) is 12.1 Å². The molecular formula is C19H11FI3NO4S. The molecule has 10 heteroatoms. The molecule has 0 aliphatic rings. The summed E-state index contributed by atoms with van der Waals surface area (Å²) in [4.78, 5) is 25.2. The lowest BCUT2D eigenvalue weighted by atomic mass is 10.1. The third-order valence-corrected chi connectivity index (χ3v) is 8.96. The van der Waals surface area contributed by atoms with Crippen molar-refractivity contribution in [3.63, 3.8) is 0 Å². The maximum absolute atomic E-state index is 13.6. The first kappa shape index (κ1) is 22.7. The number of nitrogens with one attached hydrogen (secondary N) is 1. The number of hydrogen-bond acceptors (Lipinski definition) is 4. The number of thiophene rings is 1. The summed E-state index contributed by atoms with van der Waals surface area (Å²) >= 11 is 7.42. The number of carboxylic acid groups (broad SMARTS) is 1. The van der Waals surface area contributed by atoms with Crippen molar-refractivity contribution in [2.24, 2.45) is 0 Å². The van der Waals surface area contributed by atoms with Crippen LogP contribution in [0.4, 0.5) is 10.1 Å². The smallest absolute Gasteiger partial charge is 0.339 e. The van der Waals surface area contributed by atoms with Gasteiger partial charge in [0.25, 0.3) is 5.91 Å². The predicted molar refractivity (Wildman–Crippen MR) is 136 cm³/mol. The molecule has 0 atom stereocenters. The second-order valence-electron chi connectivity index (χ2n) is 5.69. The zero-order valence-corrected chi connectivity index (χ0v) is 21.8. The molecule has 0 aliphatic heterocycles. The first-order valence-electron chi connectivity index (χ1n) is 7.88. The van der Waals surface area contributed by atoms with Gasteiger partial charge in [-0.25, -0.2) is 9.18 Å². The average molecular weight is 749 g/mol. The Morgan fingerprint density at radius 1 is 1.17 bits per heavy atom. The lowest BCUT2D eigenvalue weighted by molar-refractivity contribution is 0.0699. The van der Waals surface area contributed by atoms with E-state index in [0.717, 1.165) is 18.5 Å². The Balaban J connectivity index is 2.03. The third kappa shape index (κ3) is 4.69. The van der Waals surface area contributed by atoms with Crippen molar-refractivity contribution in [2.75, 3.05) is 12.4 Å². The third-order valence-electron chi connectivity index (χ3n) is 3.90. The van der Waals surface area contributed by atoms with E-state index >= 15 is 0 Å². The van der Waals surface area contributed by atoms with Crippen LogP contribution in [0.3, 0.4) is 0 Å². The second kappa shape index (κ2) is 9.43. The number of halogens is 4. The standard InChI is InChI=1S/C19H11FI3NO4S/c1-28-16-14(22)10(6-11(21)15(16)23)18(25)24-12-7-29-17(13(12)19(26)27)8-3-2-4-9(20)5-8/h2-7H,1H3,(H,24,25)(H,26,27). The molecule has 3 rings (SSSR count). The lowest BCUT2D eigenvalue weighted by Gasteiger charge is -2.13. The number of methoxy groups -OCH3 is 1. The summed E-state index contributed by atoms with van der Waals surface area (Å²) in [6.45, 7) is 0. The number of aromatic carboxylic acids is 1. The Bertz CT molecular complexity index is 1130. The van der Waals surface area contributed by atoms with Gasteiger partial charge < -0.3 is 15.2 Å². The van der Waals surface area contributed by atoms with Crippen LogP contribution >= 0.6 is 79.1 Å². The molecule has 5 nitrogen and oxygen atoms in total. The van der Waals surface area contributed by atoms with E-state index < -0.39 is 17.7 Å². The molecule has 29 heavy (non-hydrogen) atoms. The first-order chi connectivity index (χ1) is 13.7. The van der Waals surface area contributed by atoms with Crippen LogP contribution in [-0.2, 0) is 0 Å². The number of rotatable bonds is 5. The Hall–Kier alpha value is -1.00. The lowest BCUT2D eigenvalue weighted by Crippen LogP contribution is -2.16. The normalized spacial score (nSPS) is 10.7. The maximum Gasteiger partial charge on any atom is 0.339 e. The van der Waals surface area contributed by atoms with E-state index in [-0.39, 0.29) is 11.3 Å². The molecule has 3 aromatic rings. The van der Waals surface area contributed by atoms with Gasteiger partial charge in [-0.3, -0.25) is 4.79 Å². The van der Waals surface area contributed by atoms with Gasteiger partial charge in [-0.15, -0.1) is 11.3 Å². The predicted octanol–water partition coefficient (Wildman–Crippen LogP) is 6.33. The largest absolute Gasteiger partial charge is 0.494 e. The van der Waals surface area contributed by atoms with E-state index in [1.54, 1.807) is 17.5 Å². The molecule has 0 radical (unpaired) electrons. The number of carbonyl (C=O) groups is 2. The van der Waals surface area contributed by atoms with Crippen LogP contribution in [0.1, 0.15) is 20.7 Å². The van der Waals surface area contributed by atoms with Crippen LogP contribution < -0.4 is 10.1 Å². The summed E-state index contributed by atoms with van der Waals surface area (Å²) in [5.74, 6) is -1.53. The van der Waals surface area contributed by atoms with Gasteiger partial charge in [-0.05, 0) is 91.5 Å². The highest BCUT2D eigenvalue weighted by Gasteiger charge is 2.24. The number of benzene rings is 2. The molecule has 0 saturated heterocycles. The molecule has 150 valence electrons. The number of carbonyl (C=O) groups excluding carboxylic acids is 1. The molecule has 1 aromatic heterocycles. The van der Waals surface area contributed by atoms with Gasteiger partial charge in [0.1, 0.15) is 17.1 Å². The minimum absolute atomic E-state index is 0.0730. The Labute approximate surface area is 210 Å². The molecule has 0 spiro atoms. The molecule has 1 amide bonds. The van der Waals surface area contributed by atoms with Crippen molar-refractivity contribution >= 4 is 96.7 Å². The Kier molecular flexibility index (Phi) is 7.37. The SMILES string of the molecule is COc1c(I)c(I)cc(C(=O)Nc2csc(-c3cccc(F)c3)c2C(=O)O)c1I. The van der Waals surface area contributed by atoms with E-state index in [4.69, 9.17) is 4.74 Å². The first-order valence-corrected chi connectivity index (χ1v) is 12.0. The van der Waals surface area contributed by atoms with E-state index in [2.05, 4.69) is 50.5 Å². The summed E-state index contributed by atoms with van der Waals surface area (Å²) in [6.07, 6.45) is 0. The van der Waals surface area contributed by atoms with Crippen molar-refractivity contribution in [2.45, 2.75) is 0 Å². The summed E-state index contributed by atoms with van der Waals surface area (Å²) < 4.78 is 21.4. The molecule has 2 N–H and O–H groups in total. The van der Waals surface area contributed by atoms with Crippen LogP contribution in [-0.4, -0.2) is 24.1 Å². The highest BCUT2D eigenvalue weighted by Crippen LogP contribution is 2.38. The molecular weight excluding hydrogens is 738 g/mol. The summed E-state index contributed by atoms with van der Waals surface area (Å²) in [5.41, 5.74) is 0.904. The van der Waals surface area contributed by atoms with Crippen molar-refractivity contribution in [3.8, 4) is 16.2 Å². The summed E-state index contributed by atoms with van der Waals surface area (Å²) in [5, 5.41) is 13.9. The number of carboxylic acids is 1. The van der Waals surface area contributed by atoms with E-state index in [9.17, 15) is 19.1 Å². The molecule has 0 unspecified atom stereocenters. The topological polar surface area (TPSA) is 75.6 Å². The van der Waals surface area contributed by atoms with E-state index in [0.29, 0.717) is 25.3 Å². The van der Waals surface area contributed by atoms with Gasteiger partial charge in [0.15, 0.2) is 0 Å². The second-order valence-corrected chi connectivity index (χ2v) is 9.89. The molecule has 0 fully saturated rings. The number of hydrogen-bond donors (Lipinski definition) is 2. The fraction of sp³-hybridized carbons (Fsp3) is 0.0526. The number of amides is 1. The van der Waals surface area contributed by atoms with E-state index in [1.165, 1.54) is 25.3 Å². The summed E-state index contributed by atoms with van der Waals surface area (Å²) in [6, 6.07) is 7.41. The fourth-order valence-electron chi connectivity index (χ4n) is 2.62. The van der Waals surface area contributed by atoms with Crippen LogP contribution in [0.2, 0.25) is 0 Å².